The average molecular weight is 235 g/mol. The van der Waals surface area contributed by atoms with Gasteiger partial charge in [0.05, 0.1) is 11.7 Å². The molecule has 2 rings (SSSR count). The van der Waals surface area contributed by atoms with Crippen LogP contribution in [0.4, 0.5) is 0 Å². The zero-order valence-electron chi connectivity index (χ0n) is 11.5. The predicted molar refractivity (Wildman–Crippen MR) is 70.8 cm³/mol. The van der Waals surface area contributed by atoms with Gasteiger partial charge in [0.15, 0.2) is 0 Å². The minimum absolute atomic E-state index is 0.440. The van der Waals surface area contributed by atoms with Crippen LogP contribution in [0.3, 0.4) is 0 Å². The molecule has 0 bridgehead atoms. The van der Waals surface area contributed by atoms with Crippen LogP contribution in [0.5, 0.6) is 0 Å². The summed E-state index contributed by atoms with van der Waals surface area (Å²) < 4.78 is 2.12. The largest absolute Gasteiger partial charge is 0.311 e. The molecule has 3 heteroatoms. The van der Waals surface area contributed by atoms with Crippen molar-refractivity contribution in [2.24, 2.45) is 11.3 Å². The van der Waals surface area contributed by atoms with Crippen LogP contribution >= 0.6 is 0 Å². The molecule has 1 aliphatic rings. The van der Waals surface area contributed by atoms with Gasteiger partial charge < -0.3 is 5.32 Å². The summed E-state index contributed by atoms with van der Waals surface area (Å²) >= 11 is 0. The van der Waals surface area contributed by atoms with Crippen molar-refractivity contribution < 1.29 is 0 Å². The molecule has 0 spiro atoms. The SMILES string of the molecule is CCn1nccc1C(NC)C1CCCC1(C)C. The molecular weight excluding hydrogens is 210 g/mol. The second-order valence-electron chi connectivity index (χ2n) is 5.83. The van der Waals surface area contributed by atoms with Gasteiger partial charge in [0, 0.05) is 12.7 Å². The van der Waals surface area contributed by atoms with Crippen molar-refractivity contribution in [3.63, 3.8) is 0 Å². The fraction of sp³-hybridized carbons (Fsp3) is 0.786. The zero-order valence-corrected chi connectivity index (χ0v) is 11.5. The molecule has 17 heavy (non-hydrogen) atoms. The highest BCUT2D eigenvalue weighted by Gasteiger charge is 2.40. The molecule has 1 aliphatic carbocycles. The highest BCUT2D eigenvalue weighted by Crippen LogP contribution is 2.48. The lowest BCUT2D eigenvalue weighted by Crippen LogP contribution is -2.33. The number of aryl methyl sites for hydroxylation is 1. The monoisotopic (exact) mass is 235 g/mol. The van der Waals surface area contributed by atoms with Crippen molar-refractivity contribution in [1.82, 2.24) is 15.1 Å². The Morgan fingerprint density at radius 3 is 2.88 bits per heavy atom. The van der Waals surface area contributed by atoms with Crippen molar-refractivity contribution in [3.8, 4) is 0 Å². The summed E-state index contributed by atoms with van der Waals surface area (Å²) in [5.74, 6) is 0.717. The molecule has 3 nitrogen and oxygen atoms in total. The van der Waals surface area contributed by atoms with Crippen LogP contribution in [0.25, 0.3) is 0 Å². The minimum Gasteiger partial charge on any atom is -0.311 e. The highest BCUT2D eigenvalue weighted by atomic mass is 15.3. The second kappa shape index (κ2) is 4.81. The molecule has 1 heterocycles. The molecule has 0 aromatic carbocycles. The summed E-state index contributed by atoms with van der Waals surface area (Å²) in [6.45, 7) is 7.92. The number of hydrogen-bond acceptors (Lipinski definition) is 2. The summed E-state index contributed by atoms with van der Waals surface area (Å²) in [5, 5.41) is 7.92. The number of hydrogen-bond donors (Lipinski definition) is 1. The van der Waals surface area contributed by atoms with Crippen LogP contribution in [-0.4, -0.2) is 16.8 Å². The van der Waals surface area contributed by atoms with E-state index in [-0.39, 0.29) is 0 Å². The Balaban J connectivity index is 2.28. The molecule has 0 amide bonds. The highest BCUT2D eigenvalue weighted by molar-refractivity contribution is 5.11. The Morgan fingerprint density at radius 1 is 1.59 bits per heavy atom. The first-order chi connectivity index (χ1) is 8.10. The number of rotatable bonds is 4. The third-order valence-corrected chi connectivity index (χ3v) is 4.42. The van der Waals surface area contributed by atoms with E-state index in [2.05, 4.69) is 49.0 Å². The molecule has 1 N–H and O–H groups in total. The van der Waals surface area contributed by atoms with E-state index in [4.69, 9.17) is 0 Å². The van der Waals surface area contributed by atoms with Gasteiger partial charge in [-0.15, -0.1) is 0 Å². The normalized spacial score (nSPS) is 25.1. The molecule has 2 unspecified atom stereocenters. The van der Waals surface area contributed by atoms with E-state index in [1.807, 2.05) is 6.20 Å². The van der Waals surface area contributed by atoms with Gasteiger partial charge in [-0.3, -0.25) is 4.68 Å². The van der Waals surface area contributed by atoms with E-state index >= 15 is 0 Å². The van der Waals surface area contributed by atoms with Gasteiger partial charge in [0.1, 0.15) is 0 Å². The molecule has 2 atom stereocenters. The first kappa shape index (κ1) is 12.6. The first-order valence-electron chi connectivity index (χ1n) is 6.79. The molecule has 1 aromatic rings. The predicted octanol–water partition coefficient (Wildman–Crippen LogP) is 2.99. The lowest BCUT2D eigenvalue weighted by Gasteiger charge is -2.34. The summed E-state index contributed by atoms with van der Waals surface area (Å²) in [7, 11) is 2.08. The quantitative estimate of drug-likeness (QED) is 0.869. The van der Waals surface area contributed by atoms with Crippen molar-refractivity contribution >= 4 is 0 Å². The van der Waals surface area contributed by atoms with Crippen LogP contribution in [0.1, 0.15) is 51.8 Å². The summed E-state index contributed by atoms with van der Waals surface area (Å²) in [6, 6.07) is 2.61. The molecule has 1 saturated carbocycles. The van der Waals surface area contributed by atoms with Gasteiger partial charge in [0.2, 0.25) is 0 Å². The second-order valence-corrected chi connectivity index (χ2v) is 5.83. The van der Waals surface area contributed by atoms with Crippen LogP contribution in [0.2, 0.25) is 0 Å². The Hall–Kier alpha value is -0.830. The fourth-order valence-electron chi connectivity index (χ4n) is 3.40. The molecule has 1 aromatic heterocycles. The standard InChI is InChI=1S/C14H25N3/c1-5-17-12(8-10-16-17)13(15-4)11-7-6-9-14(11,2)3/h8,10-11,13,15H,5-7,9H2,1-4H3. The van der Waals surface area contributed by atoms with Gasteiger partial charge in [-0.1, -0.05) is 20.3 Å². The third kappa shape index (κ3) is 2.25. The Labute approximate surface area is 105 Å². The molecule has 0 radical (unpaired) electrons. The lowest BCUT2D eigenvalue weighted by atomic mass is 9.76. The maximum Gasteiger partial charge on any atom is 0.0556 e. The lowest BCUT2D eigenvalue weighted by molar-refractivity contribution is 0.197. The summed E-state index contributed by atoms with van der Waals surface area (Å²) in [6.07, 6.45) is 5.95. The van der Waals surface area contributed by atoms with Crippen molar-refractivity contribution in [1.29, 1.82) is 0 Å². The zero-order chi connectivity index (χ0) is 12.5. The van der Waals surface area contributed by atoms with E-state index in [1.165, 1.54) is 25.0 Å². The van der Waals surface area contributed by atoms with Gasteiger partial charge >= 0.3 is 0 Å². The summed E-state index contributed by atoms with van der Waals surface area (Å²) in [4.78, 5) is 0. The molecule has 0 saturated heterocycles. The maximum absolute atomic E-state index is 4.40. The summed E-state index contributed by atoms with van der Waals surface area (Å²) in [5.41, 5.74) is 1.78. The van der Waals surface area contributed by atoms with Gasteiger partial charge in [0.25, 0.3) is 0 Å². The van der Waals surface area contributed by atoms with Gasteiger partial charge in [-0.05, 0) is 44.2 Å². The van der Waals surface area contributed by atoms with Crippen LogP contribution < -0.4 is 5.32 Å². The topological polar surface area (TPSA) is 29.9 Å². The Morgan fingerprint density at radius 2 is 2.35 bits per heavy atom. The van der Waals surface area contributed by atoms with E-state index < -0.39 is 0 Å². The van der Waals surface area contributed by atoms with Gasteiger partial charge in [-0.25, -0.2) is 0 Å². The Kier molecular flexibility index (Phi) is 3.57. The van der Waals surface area contributed by atoms with Crippen molar-refractivity contribution in [2.45, 2.75) is 52.6 Å². The smallest absolute Gasteiger partial charge is 0.0556 e. The van der Waals surface area contributed by atoms with E-state index in [0.29, 0.717) is 11.5 Å². The van der Waals surface area contributed by atoms with E-state index in [0.717, 1.165) is 12.5 Å². The molecule has 1 fully saturated rings. The fourth-order valence-corrected chi connectivity index (χ4v) is 3.40. The number of nitrogens with one attached hydrogen (secondary N) is 1. The molecule has 96 valence electrons. The third-order valence-electron chi connectivity index (χ3n) is 4.42. The van der Waals surface area contributed by atoms with Crippen molar-refractivity contribution in [2.75, 3.05) is 7.05 Å². The van der Waals surface area contributed by atoms with Crippen LogP contribution in [0.15, 0.2) is 12.3 Å². The Bertz CT molecular complexity index is 367. The van der Waals surface area contributed by atoms with Crippen LogP contribution in [0, 0.1) is 11.3 Å². The number of aromatic nitrogens is 2. The van der Waals surface area contributed by atoms with Crippen LogP contribution in [-0.2, 0) is 6.54 Å². The van der Waals surface area contributed by atoms with E-state index in [1.54, 1.807) is 0 Å². The first-order valence-corrected chi connectivity index (χ1v) is 6.79. The molecule has 0 aliphatic heterocycles. The minimum atomic E-state index is 0.440. The van der Waals surface area contributed by atoms with Crippen molar-refractivity contribution in [3.05, 3.63) is 18.0 Å². The van der Waals surface area contributed by atoms with Gasteiger partial charge in [-0.2, -0.15) is 5.10 Å². The van der Waals surface area contributed by atoms with E-state index in [9.17, 15) is 0 Å². The average Bonchev–Trinajstić information content (AvgIpc) is 2.87. The molecular formula is C14H25N3. The maximum atomic E-state index is 4.40. The number of nitrogens with zero attached hydrogens (tertiary/aromatic N) is 2.